The summed E-state index contributed by atoms with van der Waals surface area (Å²) in [5.74, 6) is -0.355. The van der Waals surface area contributed by atoms with Crippen LogP contribution in [0, 0.1) is 5.82 Å². The average molecular weight is 407 g/mol. The van der Waals surface area contributed by atoms with Crippen molar-refractivity contribution < 1.29 is 9.13 Å². The molecule has 0 fully saturated rings. The molecule has 0 aliphatic heterocycles. The lowest BCUT2D eigenvalue weighted by Crippen LogP contribution is -2.20. The first-order valence-electron chi connectivity index (χ1n) is 5.96. The van der Waals surface area contributed by atoms with Crippen LogP contribution < -0.4 is 5.73 Å². The topological polar surface area (TPSA) is 53.1 Å². The molecule has 0 aliphatic carbocycles. The van der Waals surface area contributed by atoms with Crippen molar-refractivity contribution >= 4 is 31.9 Å². The zero-order valence-electron chi connectivity index (χ0n) is 10.8. The van der Waals surface area contributed by atoms with Crippen LogP contribution in [-0.4, -0.2) is 23.5 Å². The number of hydrogen-bond donors (Lipinski definition) is 1. The molecule has 1 atom stereocenters. The minimum atomic E-state index is -0.610. The summed E-state index contributed by atoms with van der Waals surface area (Å²) in [6.45, 7) is 1.07. The fourth-order valence-corrected chi connectivity index (χ4v) is 2.87. The molecule has 20 heavy (non-hydrogen) atoms. The molecule has 0 saturated heterocycles. The van der Waals surface area contributed by atoms with Crippen LogP contribution in [0.1, 0.15) is 17.3 Å². The van der Waals surface area contributed by atoms with Crippen LogP contribution in [0.3, 0.4) is 0 Å². The van der Waals surface area contributed by atoms with Gasteiger partial charge in [0.2, 0.25) is 0 Å². The van der Waals surface area contributed by atoms with Gasteiger partial charge in [-0.05, 0) is 37.9 Å². The SMILES string of the molecule is COCCn1ncc(Br)c1C(N)c1cccc(Br)c1F. The van der Waals surface area contributed by atoms with E-state index in [0.717, 1.165) is 10.2 Å². The molecule has 0 spiro atoms. The van der Waals surface area contributed by atoms with Gasteiger partial charge in [-0.25, -0.2) is 4.39 Å². The van der Waals surface area contributed by atoms with Gasteiger partial charge in [-0.1, -0.05) is 12.1 Å². The third kappa shape index (κ3) is 3.11. The molecule has 4 nitrogen and oxygen atoms in total. The minimum Gasteiger partial charge on any atom is -0.383 e. The minimum absolute atomic E-state index is 0.355. The average Bonchev–Trinajstić information content (AvgIpc) is 2.80. The standard InChI is InChI=1S/C13H14Br2FN3O/c1-20-6-5-19-13(10(15)7-18-19)12(17)8-3-2-4-9(14)11(8)16/h2-4,7,12H,5-6,17H2,1H3. The second-order valence-corrected chi connectivity index (χ2v) is 5.92. The lowest BCUT2D eigenvalue weighted by Gasteiger charge is -2.16. The Morgan fingerprint density at radius 2 is 2.15 bits per heavy atom. The molecule has 1 heterocycles. The van der Waals surface area contributed by atoms with Crippen molar-refractivity contribution in [3.63, 3.8) is 0 Å². The van der Waals surface area contributed by atoms with Gasteiger partial charge in [0.25, 0.3) is 0 Å². The molecule has 1 aromatic heterocycles. The van der Waals surface area contributed by atoms with Gasteiger partial charge in [0.05, 0.1) is 40.0 Å². The predicted molar refractivity (Wildman–Crippen MR) is 81.9 cm³/mol. The number of nitrogens with zero attached hydrogens (tertiary/aromatic N) is 2. The van der Waals surface area contributed by atoms with Crippen molar-refractivity contribution in [3.8, 4) is 0 Å². The fraction of sp³-hybridized carbons (Fsp3) is 0.308. The Bertz CT molecular complexity index is 603. The second kappa shape index (κ2) is 6.80. The van der Waals surface area contributed by atoms with Crippen LogP contribution in [0.15, 0.2) is 33.3 Å². The van der Waals surface area contributed by atoms with Gasteiger partial charge in [-0.15, -0.1) is 0 Å². The van der Waals surface area contributed by atoms with Gasteiger partial charge < -0.3 is 10.5 Å². The lowest BCUT2D eigenvalue weighted by molar-refractivity contribution is 0.182. The molecule has 0 aliphatic rings. The summed E-state index contributed by atoms with van der Waals surface area (Å²) in [5, 5.41) is 4.23. The monoisotopic (exact) mass is 405 g/mol. The second-order valence-electron chi connectivity index (χ2n) is 4.21. The van der Waals surface area contributed by atoms with Crippen LogP contribution >= 0.6 is 31.9 Å². The number of ether oxygens (including phenoxy) is 1. The largest absolute Gasteiger partial charge is 0.383 e. The van der Waals surface area contributed by atoms with Gasteiger partial charge in [0, 0.05) is 12.7 Å². The van der Waals surface area contributed by atoms with Gasteiger partial charge in [0.1, 0.15) is 5.82 Å². The highest BCUT2D eigenvalue weighted by Crippen LogP contribution is 2.30. The first kappa shape index (κ1) is 15.6. The third-order valence-corrected chi connectivity index (χ3v) is 4.18. The van der Waals surface area contributed by atoms with Crippen molar-refractivity contribution in [2.45, 2.75) is 12.6 Å². The molecular weight excluding hydrogens is 393 g/mol. The van der Waals surface area contributed by atoms with E-state index in [1.807, 2.05) is 0 Å². The van der Waals surface area contributed by atoms with E-state index in [4.69, 9.17) is 10.5 Å². The van der Waals surface area contributed by atoms with Gasteiger partial charge >= 0.3 is 0 Å². The highest BCUT2D eigenvalue weighted by molar-refractivity contribution is 9.10. The van der Waals surface area contributed by atoms with E-state index in [0.29, 0.717) is 23.2 Å². The molecule has 1 unspecified atom stereocenters. The molecule has 0 bridgehead atoms. The van der Waals surface area contributed by atoms with E-state index in [9.17, 15) is 4.39 Å². The zero-order chi connectivity index (χ0) is 14.7. The summed E-state index contributed by atoms with van der Waals surface area (Å²) >= 11 is 6.58. The molecule has 2 rings (SSSR count). The van der Waals surface area contributed by atoms with E-state index in [1.54, 1.807) is 36.2 Å². The summed E-state index contributed by atoms with van der Waals surface area (Å²) in [5.41, 5.74) is 7.35. The van der Waals surface area contributed by atoms with Crippen molar-refractivity contribution in [1.29, 1.82) is 0 Å². The fourth-order valence-electron chi connectivity index (χ4n) is 1.95. The van der Waals surface area contributed by atoms with E-state index in [2.05, 4.69) is 37.0 Å². The van der Waals surface area contributed by atoms with E-state index in [1.165, 1.54) is 0 Å². The lowest BCUT2D eigenvalue weighted by atomic mass is 10.0. The first-order chi connectivity index (χ1) is 9.56. The summed E-state index contributed by atoms with van der Waals surface area (Å²) in [7, 11) is 1.62. The number of benzene rings is 1. The molecule has 7 heteroatoms. The molecule has 0 radical (unpaired) electrons. The quantitative estimate of drug-likeness (QED) is 0.829. The van der Waals surface area contributed by atoms with Crippen molar-refractivity contribution in [2.75, 3.05) is 13.7 Å². The van der Waals surface area contributed by atoms with Crippen LogP contribution in [-0.2, 0) is 11.3 Å². The maximum absolute atomic E-state index is 14.2. The number of hydrogen-bond acceptors (Lipinski definition) is 3. The number of methoxy groups -OCH3 is 1. The van der Waals surface area contributed by atoms with E-state index >= 15 is 0 Å². The van der Waals surface area contributed by atoms with Crippen LogP contribution in [0.5, 0.6) is 0 Å². The maximum Gasteiger partial charge on any atom is 0.142 e. The Morgan fingerprint density at radius 1 is 1.40 bits per heavy atom. The highest BCUT2D eigenvalue weighted by atomic mass is 79.9. The summed E-state index contributed by atoms with van der Waals surface area (Å²) in [6.07, 6.45) is 1.65. The summed E-state index contributed by atoms with van der Waals surface area (Å²) < 4.78 is 22.1. The molecule has 0 saturated carbocycles. The Kier molecular flexibility index (Phi) is 5.31. The first-order valence-corrected chi connectivity index (χ1v) is 7.54. The normalized spacial score (nSPS) is 12.7. The zero-order valence-corrected chi connectivity index (χ0v) is 14.0. The summed E-state index contributed by atoms with van der Waals surface area (Å²) in [6, 6.07) is 4.46. The van der Waals surface area contributed by atoms with Crippen molar-refractivity contribution in [3.05, 3.63) is 50.4 Å². The maximum atomic E-state index is 14.2. The molecule has 1 aromatic carbocycles. The van der Waals surface area contributed by atoms with Gasteiger partial charge in [0.15, 0.2) is 0 Å². The molecule has 108 valence electrons. The van der Waals surface area contributed by atoms with Gasteiger partial charge in [-0.2, -0.15) is 5.10 Å². The van der Waals surface area contributed by atoms with Gasteiger partial charge in [-0.3, -0.25) is 4.68 Å². The molecule has 0 amide bonds. The van der Waals surface area contributed by atoms with E-state index < -0.39 is 6.04 Å². The number of rotatable bonds is 5. The van der Waals surface area contributed by atoms with Crippen molar-refractivity contribution in [1.82, 2.24) is 9.78 Å². The van der Waals surface area contributed by atoms with E-state index in [-0.39, 0.29) is 5.82 Å². The van der Waals surface area contributed by atoms with Crippen LogP contribution in [0.4, 0.5) is 4.39 Å². The Labute approximate surface area is 133 Å². The predicted octanol–water partition coefficient (Wildman–Crippen LogP) is 3.24. The Balaban J connectivity index is 2.40. The smallest absolute Gasteiger partial charge is 0.142 e. The third-order valence-electron chi connectivity index (χ3n) is 2.95. The van der Waals surface area contributed by atoms with Crippen LogP contribution in [0.2, 0.25) is 0 Å². The Hall–Kier alpha value is -0.760. The number of aromatic nitrogens is 2. The highest BCUT2D eigenvalue weighted by Gasteiger charge is 2.21. The summed E-state index contributed by atoms with van der Waals surface area (Å²) in [4.78, 5) is 0. The molecule has 2 N–H and O–H groups in total. The molecule has 2 aromatic rings. The number of nitrogens with two attached hydrogens (primary N) is 1. The Morgan fingerprint density at radius 3 is 2.85 bits per heavy atom. The van der Waals surface area contributed by atoms with Crippen molar-refractivity contribution in [2.24, 2.45) is 5.73 Å². The number of halogens is 3. The van der Waals surface area contributed by atoms with Crippen LogP contribution in [0.25, 0.3) is 0 Å². The molecular formula is C13H14Br2FN3O.